The van der Waals surface area contributed by atoms with Crippen LogP contribution in [0.3, 0.4) is 0 Å². The van der Waals surface area contributed by atoms with Crippen molar-refractivity contribution < 1.29 is 18.7 Å². The van der Waals surface area contributed by atoms with Crippen LogP contribution >= 0.6 is 0 Å². The zero-order valence-electron chi connectivity index (χ0n) is 9.47. The first-order valence-electron chi connectivity index (χ1n) is 5.15. The first-order chi connectivity index (χ1) is 8.49. The molecule has 18 heavy (non-hydrogen) atoms. The summed E-state index contributed by atoms with van der Waals surface area (Å²) in [4.78, 5) is 10.8. The second-order valence-corrected chi connectivity index (χ2v) is 3.82. The monoisotopic (exact) mass is 252 g/mol. The maximum atomic E-state index is 12.4. The van der Waals surface area contributed by atoms with E-state index in [1.807, 2.05) is 0 Å². The summed E-state index contributed by atoms with van der Waals surface area (Å²) >= 11 is 0. The van der Waals surface area contributed by atoms with E-state index < -0.39 is 12.5 Å². The third-order valence-corrected chi connectivity index (χ3v) is 2.59. The van der Waals surface area contributed by atoms with Gasteiger partial charge in [-0.15, -0.1) is 0 Å². The van der Waals surface area contributed by atoms with Crippen LogP contribution < -0.4 is 0 Å². The number of halogens is 2. The number of carboxylic acid groups (broad SMARTS) is 1. The summed E-state index contributed by atoms with van der Waals surface area (Å²) in [6, 6.07) is 4.66. The van der Waals surface area contributed by atoms with E-state index in [1.165, 1.54) is 18.5 Å². The lowest BCUT2D eigenvalue weighted by atomic mass is 10.0. The van der Waals surface area contributed by atoms with Crippen LogP contribution in [0.25, 0.3) is 11.1 Å². The lowest BCUT2D eigenvalue weighted by Crippen LogP contribution is -1.99. The molecule has 0 radical (unpaired) electrons. The van der Waals surface area contributed by atoms with Crippen LogP contribution in [0.15, 0.2) is 30.6 Å². The van der Waals surface area contributed by atoms with Gasteiger partial charge in [-0.25, -0.2) is 9.48 Å². The number of benzene rings is 1. The Bertz CT molecular complexity index is 594. The van der Waals surface area contributed by atoms with E-state index in [0.29, 0.717) is 21.4 Å². The molecule has 0 bridgehead atoms. The summed E-state index contributed by atoms with van der Waals surface area (Å²) in [5, 5.41) is 12.4. The van der Waals surface area contributed by atoms with Crippen molar-refractivity contribution in [2.45, 2.75) is 13.5 Å². The number of aryl methyl sites for hydroxylation is 1. The van der Waals surface area contributed by atoms with E-state index >= 15 is 0 Å². The van der Waals surface area contributed by atoms with Gasteiger partial charge >= 0.3 is 12.5 Å². The van der Waals surface area contributed by atoms with E-state index in [2.05, 4.69) is 5.10 Å². The third kappa shape index (κ3) is 2.22. The first kappa shape index (κ1) is 12.2. The van der Waals surface area contributed by atoms with Crippen molar-refractivity contribution in [1.29, 1.82) is 0 Å². The molecule has 2 rings (SSSR count). The summed E-state index contributed by atoms with van der Waals surface area (Å²) < 4.78 is 25.3. The molecule has 0 aliphatic rings. The molecule has 2 aromatic rings. The molecule has 4 nitrogen and oxygen atoms in total. The fourth-order valence-corrected chi connectivity index (χ4v) is 1.68. The van der Waals surface area contributed by atoms with Gasteiger partial charge in [0.05, 0.1) is 11.8 Å². The van der Waals surface area contributed by atoms with Gasteiger partial charge in [0.2, 0.25) is 0 Å². The van der Waals surface area contributed by atoms with Crippen LogP contribution in [0, 0.1) is 6.92 Å². The molecule has 0 aliphatic heterocycles. The Morgan fingerprint density at radius 2 is 2.11 bits per heavy atom. The van der Waals surface area contributed by atoms with Gasteiger partial charge in [0.25, 0.3) is 0 Å². The van der Waals surface area contributed by atoms with Crippen LogP contribution in [0.5, 0.6) is 0 Å². The van der Waals surface area contributed by atoms with Gasteiger partial charge in [-0.1, -0.05) is 12.1 Å². The number of carboxylic acids is 1. The molecule has 1 N–H and O–H groups in total. The highest BCUT2D eigenvalue weighted by Crippen LogP contribution is 2.23. The predicted molar refractivity (Wildman–Crippen MR) is 60.6 cm³/mol. The van der Waals surface area contributed by atoms with E-state index in [9.17, 15) is 13.6 Å². The van der Waals surface area contributed by atoms with Crippen molar-refractivity contribution in [3.63, 3.8) is 0 Å². The predicted octanol–water partition coefficient (Wildman–Crippen LogP) is 2.95. The molecule has 6 heteroatoms. The minimum absolute atomic E-state index is 0.194. The van der Waals surface area contributed by atoms with Gasteiger partial charge in [0.15, 0.2) is 0 Å². The zero-order valence-corrected chi connectivity index (χ0v) is 9.47. The molecule has 1 heterocycles. The smallest absolute Gasteiger partial charge is 0.335 e. The quantitative estimate of drug-likeness (QED) is 0.913. The van der Waals surface area contributed by atoms with Crippen molar-refractivity contribution in [3.05, 3.63) is 41.7 Å². The van der Waals surface area contributed by atoms with Crippen LogP contribution in [0.1, 0.15) is 22.5 Å². The minimum Gasteiger partial charge on any atom is -0.478 e. The standard InChI is InChI=1S/C12H10F2N2O2/c1-7-4-8(2-3-10(7)11(17)18)9-5-15-16(6-9)12(13)14/h2-6,12H,1H3,(H,17,18). The van der Waals surface area contributed by atoms with Gasteiger partial charge in [-0.2, -0.15) is 13.9 Å². The summed E-state index contributed by atoms with van der Waals surface area (Å²) in [7, 11) is 0. The second-order valence-electron chi connectivity index (χ2n) is 3.82. The van der Waals surface area contributed by atoms with Gasteiger partial charge in [-0.3, -0.25) is 0 Å². The van der Waals surface area contributed by atoms with Crippen molar-refractivity contribution in [2.75, 3.05) is 0 Å². The average molecular weight is 252 g/mol. The Kier molecular flexibility index (Phi) is 3.10. The Hall–Kier alpha value is -2.24. The maximum absolute atomic E-state index is 12.4. The molecule has 0 saturated carbocycles. The lowest BCUT2D eigenvalue weighted by molar-refractivity contribution is 0.0566. The topological polar surface area (TPSA) is 55.1 Å². The van der Waals surface area contributed by atoms with Crippen molar-refractivity contribution in [3.8, 4) is 11.1 Å². The Labute approximate surface area is 101 Å². The van der Waals surface area contributed by atoms with Crippen molar-refractivity contribution in [1.82, 2.24) is 9.78 Å². The van der Waals surface area contributed by atoms with Crippen LogP contribution in [0.2, 0.25) is 0 Å². The number of aromatic nitrogens is 2. The van der Waals surface area contributed by atoms with E-state index in [-0.39, 0.29) is 5.56 Å². The number of carbonyl (C=O) groups is 1. The maximum Gasteiger partial charge on any atom is 0.335 e. The van der Waals surface area contributed by atoms with Crippen molar-refractivity contribution in [2.24, 2.45) is 0 Å². The molecule has 0 amide bonds. The van der Waals surface area contributed by atoms with Gasteiger partial charge in [0, 0.05) is 11.8 Å². The average Bonchev–Trinajstić information content (AvgIpc) is 2.77. The number of alkyl halides is 2. The minimum atomic E-state index is -2.68. The van der Waals surface area contributed by atoms with Gasteiger partial charge in [0.1, 0.15) is 0 Å². The van der Waals surface area contributed by atoms with E-state index in [0.717, 1.165) is 0 Å². The molecule has 0 saturated heterocycles. The molecule has 0 unspecified atom stereocenters. The second kappa shape index (κ2) is 4.56. The van der Waals surface area contributed by atoms with Crippen LogP contribution in [-0.2, 0) is 0 Å². The SMILES string of the molecule is Cc1cc(-c2cnn(C(F)F)c2)ccc1C(=O)O. The number of hydrogen-bond donors (Lipinski definition) is 1. The largest absolute Gasteiger partial charge is 0.478 e. The molecule has 1 aromatic heterocycles. The Morgan fingerprint density at radius 1 is 1.39 bits per heavy atom. The van der Waals surface area contributed by atoms with Gasteiger partial charge < -0.3 is 5.11 Å². The summed E-state index contributed by atoms with van der Waals surface area (Å²) in [5.41, 5.74) is 1.95. The summed E-state index contributed by atoms with van der Waals surface area (Å²) in [6.45, 7) is -1.03. The Morgan fingerprint density at radius 3 is 2.61 bits per heavy atom. The summed E-state index contributed by atoms with van der Waals surface area (Å²) in [5.74, 6) is -1.01. The number of rotatable bonds is 3. The molecule has 0 atom stereocenters. The third-order valence-electron chi connectivity index (χ3n) is 2.59. The molecule has 1 aromatic carbocycles. The number of nitrogens with zero attached hydrogens (tertiary/aromatic N) is 2. The molecule has 94 valence electrons. The summed E-state index contributed by atoms with van der Waals surface area (Å²) in [6.07, 6.45) is 2.54. The van der Waals surface area contributed by atoms with Crippen LogP contribution in [0.4, 0.5) is 8.78 Å². The highest BCUT2D eigenvalue weighted by atomic mass is 19.3. The fourth-order valence-electron chi connectivity index (χ4n) is 1.68. The molecule has 0 aliphatic carbocycles. The number of hydrogen-bond acceptors (Lipinski definition) is 2. The van der Waals surface area contributed by atoms with Gasteiger partial charge in [-0.05, 0) is 24.1 Å². The van der Waals surface area contributed by atoms with Crippen molar-refractivity contribution >= 4 is 5.97 Å². The molecular formula is C12H10F2N2O2. The number of aromatic carboxylic acids is 1. The molecule has 0 spiro atoms. The van der Waals surface area contributed by atoms with E-state index in [1.54, 1.807) is 19.1 Å². The van der Waals surface area contributed by atoms with Crippen LogP contribution in [-0.4, -0.2) is 20.9 Å². The Balaban J connectivity index is 2.39. The highest BCUT2D eigenvalue weighted by Gasteiger charge is 2.11. The lowest BCUT2D eigenvalue weighted by Gasteiger charge is -2.03. The first-order valence-corrected chi connectivity index (χ1v) is 5.15. The normalized spacial score (nSPS) is 10.9. The zero-order chi connectivity index (χ0) is 13.3. The molecule has 0 fully saturated rings. The fraction of sp³-hybridized carbons (Fsp3) is 0.167. The molecular weight excluding hydrogens is 242 g/mol. The highest BCUT2D eigenvalue weighted by molar-refractivity contribution is 5.90. The van der Waals surface area contributed by atoms with E-state index in [4.69, 9.17) is 5.11 Å².